The van der Waals surface area contributed by atoms with Crippen LogP contribution in [0, 0.1) is 0 Å². The standard InChI is InChI=1S/C17H17F3N2O2/c18-17(19,20)11-24-14-8-6-12(7-9-14)10-22-15(16(21)23)13-4-2-1-3-5-13/h1-9,15,22H,10-11H2,(H2,21,23)/t15-/m1/s1. The Morgan fingerprint density at radius 1 is 1.08 bits per heavy atom. The highest BCUT2D eigenvalue weighted by atomic mass is 19.4. The number of nitrogens with one attached hydrogen (secondary N) is 1. The van der Waals surface area contributed by atoms with Crippen molar-refractivity contribution >= 4 is 5.91 Å². The Bertz CT molecular complexity index is 658. The van der Waals surface area contributed by atoms with Crippen LogP contribution >= 0.6 is 0 Å². The summed E-state index contributed by atoms with van der Waals surface area (Å²) >= 11 is 0. The van der Waals surface area contributed by atoms with Crippen molar-refractivity contribution in [2.75, 3.05) is 6.61 Å². The van der Waals surface area contributed by atoms with Gasteiger partial charge in [0.25, 0.3) is 0 Å². The van der Waals surface area contributed by atoms with Crippen molar-refractivity contribution < 1.29 is 22.7 Å². The van der Waals surface area contributed by atoms with E-state index in [1.54, 1.807) is 36.4 Å². The third-order valence-corrected chi connectivity index (χ3v) is 3.25. The molecule has 2 aromatic rings. The molecule has 0 heterocycles. The van der Waals surface area contributed by atoms with Crippen LogP contribution in [0.5, 0.6) is 5.75 Å². The molecule has 0 radical (unpaired) electrons. The Hall–Kier alpha value is -2.54. The van der Waals surface area contributed by atoms with Crippen molar-refractivity contribution in [1.29, 1.82) is 0 Å². The average Bonchev–Trinajstić information content (AvgIpc) is 2.54. The molecule has 4 nitrogen and oxygen atoms in total. The lowest BCUT2D eigenvalue weighted by Gasteiger charge is -2.16. The molecule has 3 N–H and O–H groups in total. The Morgan fingerprint density at radius 2 is 1.71 bits per heavy atom. The fourth-order valence-electron chi connectivity index (χ4n) is 2.12. The van der Waals surface area contributed by atoms with E-state index in [2.05, 4.69) is 10.1 Å². The van der Waals surface area contributed by atoms with Gasteiger partial charge in [-0.05, 0) is 23.3 Å². The van der Waals surface area contributed by atoms with Gasteiger partial charge < -0.3 is 10.5 Å². The van der Waals surface area contributed by atoms with E-state index in [0.29, 0.717) is 6.54 Å². The van der Waals surface area contributed by atoms with Crippen LogP contribution in [-0.2, 0) is 11.3 Å². The van der Waals surface area contributed by atoms with E-state index in [-0.39, 0.29) is 5.75 Å². The van der Waals surface area contributed by atoms with E-state index < -0.39 is 24.7 Å². The van der Waals surface area contributed by atoms with Gasteiger partial charge in [-0.2, -0.15) is 13.2 Å². The summed E-state index contributed by atoms with van der Waals surface area (Å²) in [6, 6.07) is 14.5. The van der Waals surface area contributed by atoms with Crippen LogP contribution in [0.4, 0.5) is 13.2 Å². The van der Waals surface area contributed by atoms with Gasteiger partial charge in [0.1, 0.15) is 11.8 Å². The second-order valence-electron chi connectivity index (χ2n) is 5.17. The van der Waals surface area contributed by atoms with Crippen LogP contribution in [-0.4, -0.2) is 18.7 Å². The smallest absolute Gasteiger partial charge is 0.422 e. The molecule has 0 spiro atoms. The van der Waals surface area contributed by atoms with Gasteiger partial charge in [0.05, 0.1) is 0 Å². The first-order valence-corrected chi connectivity index (χ1v) is 7.21. The van der Waals surface area contributed by atoms with Gasteiger partial charge in [-0.1, -0.05) is 42.5 Å². The largest absolute Gasteiger partial charge is 0.484 e. The number of alkyl halides is 3. The highest BCUT2D eigenvalue weighted by Gasteiger charge is 2.28. The van der Waals surface area contributed by atoms with Gasteiger partial charge in [-0.15, -0.1) is 0 Å². The van der Waals surface area contributed by atoms with Crippen LogP contribution in [0.2, 0.25) is 0 Å². The zero-order valence-corrected chi connectivity index (χ0v) is 12.7. The highest BCUT2D eigenvalue weighted by Crippen LogP contribution is 2.19. The second-order valence-corrected chi connectivity index (χ2v) is 5.17. The molecule has 0 aromatic heterocycles. The van der Waals surface area contributed by atoms with Crippen molar-refractivity contribution in [3.8, 4) is 5.75 Å². The molecule has 0 bridgehead atoms. The maximum atomic E-state index is 12.1. The molecule has 1 amide bonds. The summed E-state index contributed by atoms with van der Waals surface area (Å²) in [6.07, 6.45) is -4.37. The topological polar surface area (TPSA) is 64.4 Å². The number of primary amides is 1. The number of benzene rings is 2. The molecule has 2 aromatic carbocycles. The first kappa shape index (κ1) is 17.8. The van der Waals surface area contributed by atoms with Crippen LogP contribution in [0.3, 0.4) is 0 Å². The lowest BCUT2D eigenvalue weighted by molar-refractivity contribution is -0.153. The Kier molecular flexibility index (Phi) is 5.81. The molecule has 0 aliphatic rings. The van der Waals surface area contributed by atoms with Gasteiger partial charge in [0.15, 0.2) is 6.61 Å². The summed E-state index contributed by atoms with van der Waals surface area (Å²) in [7, 11) is 0. The van der Waals surface area contributed by atoms with Crippen molar-refractivity contribution in [2.24, 2.45) is 5.73 Å². The highest BCUT2D eigenvalue weighted by molar-refractivity contribution is 5.81. The van der Waals surface area contributed by atoms with Gasteiger partial charge in [-0.25, -0.2) is 0 Å². The minimum absolute atomic E-state index is 0.130. The zero-order chi connectivity index (χ0) is 17.6. The molecular formula is C17H17F3N2O2. The average molecular weight is 338 g/mol. The molecular weight excluding hydrogens is 321 g/mol. The third-order valence-electron chi connectivity index (χ3n) is 3.25. The van der Waals surface area contributed by atoms with Crippen molar-refractivity contribution in [1.82, 2.24) is 5.32 Å². The normalized spacial score (nSPS) is 12.6. The molecule has 24 heavy (non-hydrogen) atoms. The van der Waals surface area contributed by atoms with Gasteiger partial charge >= 0.3 is 6.18 Å². The van der Waals surface area contributed by atoms with E-state index in [9.17, 15) is 18.0 Å². The summed E-state index contributed by atoms with van der Waals surface area (Å²) < 4.78 is 40.9. The molecule has 0 unspecified atom stereocenters. The molecule has 7 heteroatoms. The van der Waals surface area contributed by atoms with E-state index in [4.69, 9.17) is 5.73 Å². The second kappa shape index (κ2) is 7.83. The number of rotatable bonds is 7. The zero-order valence-electron chi connectivity index (χ0n) is 12.7. The van der Waals surface area contributed by atoms with Gasteiger partial charge in [-0.3, -0.25) is 10.1 Å². The van der Waals surface area contributed by atoms with Crippen LogP contribution in [0.1, 0.15) is 17.2 Å². The third kappa shape index (κ3) is 5.58. The van der Waals surface area contributed by atoms with E-state index >= 15 is 0 Å². The Morgan fingerprint density at radius 3 is 2.25 bits per heavy atom. The minimum atomic E-state index is -4.37. The lowest BCUT2D eigenvalue weighted by Crippen LogP contribution is -2.33. The van der Waals surface area contributed by atoms with E-state index in [1.165, 1.54) is 12.1 Å². The molecule has 0 aliphatic heterocycles. The lowest BCUT2D eigenvalue weighted by atomic mass is 10.1. The molecule has 0 aliphatic carbocycles. The monoisotopic (exact) mass is 338 g/mol. The maximum Gasteiger partial charge on any atom is 0.422 e. The van der Waals surface area contributed by atoms with Crippen molar-refractivity contribution in [3.05, 3.63) is 65.7 Å². The number of hydrogen-bond acceptors (Lipinski definition) is 3. The quantitative estimate of drug-likeness (QED) is 0.816. The number of carbonyl (C=O) groups excluding carboxylic acids is 1. The Labute approximate surface area is 137 Å². The van der Waals surface area contributed by atoms with Crippen LogP contribution < -0.4 is 15.8 Å². The predicted octanol–water partition coefficient (Wildman–Crippen LogP) is 2.94. The number of amides is 1. The predicted molar refractivity (Wildman–Crippen MR) is 83.2 cm³/mol. The molecule has 0 saturated heterocycles. The van der Waals surface area contributed by atoms with E-state index in [1.807, 2.05) is 6.07 Å². The van der Waals surface area contributed by atoms with Gasteiger partial charge in [0, 0.05) is 6.54 Å². The molecule has 2 rings (SSSR count). The first-order valence-electron chi connectivity index (χ1n) is 7.21. The van der Waals surface area contributed by atoms with Crippen LogP contribution in [0.25, 0.3) is 0 Å². The first-order chi connectivity index (χ1) is 11.3. The maximum absolute atomic E-state index is 12.1. The number of ether oxygens (including phenoxy) is 1. The van der Waals surface area contributed by atoms with E-state index in [0.717, 1.165) is 11.1 Å². The number of halogens is 3. The van der Waals surface area contributed by atoms with Crippen molar-refractivity contribution in [3.63, 3.8) is 0 Å². The summed E-state index contributed by atoms with van der Waals surface area (Å²) in [4.78, 5) is 11.6. The minimum Gasteiger partial charge on any atom is -0.484 e. The number of hydrogen-bond donors (Lipinski definition) is 2. The fraction of sp³-hybridized carbons (Fsp3) is 0.235. The molecule has 0 fully saturated rings. The molecule has 1 atom stereocenters. The summed E-state index contributed by atoms with van der Waals surface area (Å²) in [6.45, 7) is -0.996. The fourth-order valence-corrected chi connectivity index (χ4v) is 2.12. The summed E-state index contributed by atoms with van der Waals surface area (Å²) in [5, 5.41) is 3.03. The molecule has 0 saturated carbocycles. The summed E-state index contributed by atoms with van der Waals surface area (Å²) in [5.74, 6) is -0.378. The SMILES string of the molecule is NC(=O)[C@H](NCc1ccc(OCC(F)(F)F)cc1)c1ccccc1. The summed E-state index contributed by atoms with van der Waals surface area (Å²) in [5.41, 5.74) is 6.94. The van der Waals surface area contributed by atoms with Crippen LogP contribution in [0.15, 0.2) is 54.6 Å². The Balaban J connectivity index is 1.94. The number of nitrogens with two attached hydrogens (primary N) is 1. The van der Waals surface area contributed by atoms with Gasteiger partial charge in [0.2, 0.25) is 5.91 Å². The van der Waals surface area contributed by atoms with Crippen molar-refractivity contribution in [2.45, 2.75) is 18.8 Å². The number of carbonyl (C=O) groups is 1. The molecule has 128 valence electrons.